The molecule has 0 saturated heterocycles. The van der Waals surface area contributed by atoms with E-state index in [-0.39, 0.29) is 0 Å². The molecule has 0 amide bonds. The summed E-state index contributed by atoms with van der Waals surface area (Å²) in [6.07, 6.45) is 24.4. The van der Waals surface area contributed by atoms with Gasteiger partial charge in [-0.05, 0) is 12.8 Å². The minimum atomic E-state index is -1.85. The summed E-state index contributed by atoms with van der Waals surface area (Å²) < 4.78 is 20.7. The smallest absolute Gasteiger partial charge is 0.119 e. The third-order valence-corrected chi connectivity index (χ3v) is 5.63. The second kappa shape index (κ2) is 29.2. The van der Waals surface area contributed by atoms with Gasteiger partial charge in [0, 0.05) is 4.57 Å². The molecule has 0 aromatic heterocycles. The Kier molecular flexibility index (Phi) is 31.5. The van der Waals surface area contributed by atoms with E-state index in [0.29, 0.717) is 13.2 Å². The van der Waals surface area contributed by atoms with Gasteiger partial charge in [0.1, 0.15) is 13.2 Å². The molecule has 0 saturated carbocycles. The van der Waals surface area contributed by atoms with Crippen LogP contribution in [0.2, 0.25) is 0 Å². The number of hydrogen-bond acceptors (Lipinski definition) is 3. The van der Waals surface area contributed by atoms with Gasteiger partial charge in [0.25, 0.3) is 0 Å². The fourth-order valence-electron chi connectivity index (χ4n) is 2.87. The van der Waals surface area contributed by atoms with Crippen molar-refractivity contribution in [2.45, 2.75) is 143 Å². The Morgan fingerprint density at radius 2 is 0.679 bits per heavy atom. The molecule has 0 atom stereocenters. The normalized spacial score (nSPS) is 10.6. The monoisotopic (exact) mass is 419 g/mol. The van der Waals surface area contributed by atoms with Gasteiger partial charge in [-0.2, -0.15) is 0 Å². The molecule has 3 nitrogen and oxygen atoms in total. The van der Waals surface area contributed by atoms with Crippen LogP contribution in [0.15, 0.2) is 0 Å². The highest BCUT2D eigenvalue weighted by molar-refractivity contribution is 7.33. The minimum Gasteiger partial charge on any atom is -0.119 e. The van der Waals surface area contributed by atoms with E-state index >= 15 is 0 Å². The number of unbranched alkanes of at least 4 members (excludes halogenated alkanes) is 15. The van der Waals surface area contributed by atoms with Gasteiger partial charge < -0.3 is 0 Å². The van der Waals surface area contributed by atoms with Gasteiger partial charge in [0.05, 0.1) is 0 Å². The summed E-state index contributed by atoms with van der Waals surface area (Å²) >= 11 is 0. The fourth-order valence-corrected chi connectivity index (χ4v) is 3.50. The van der Waals surface area contributed by atoms with Crippen molar-refractivity contribution in [3.63, 3.8) is 0 Å². The molecule has 0 heterocycles. The number of hydrogen-bond donors (Lipinski definition) is 0. The first-order valence-corrected chi connectivity index (χ1v) is 13.5. The Morgan fingerprint density at radius 1 is 0.429 bits per heavy atom. The SMILES string of the molecule is CCCCCCCCCCCCCCCC.CCCCO[P+](=O)OCCCC. The van der Waals surface area contributed by atoms with E-state index in [1.54, 1.807) is 0 Å². The molecule has 0 rings (SSSR count). The molecule has 0 aromatic rings. The van der Waals surface area contributed by atoms with Crippen LogP contribution in [-0.4, -0.2) is 13.2 Å². The van der Waals surface area contributed by atoms with E-state index in [4.69, 9.17) is 9.05 Å². The first kappa shape index (κ1) is 30.2. The molecule has 28 heavy (non-hydrogen) atoms. The van der Waals surface area contributed by atoms with Crippen molar-refractivity contribution in [2.24, 2.45) is 0 Å². The van der Waals surface area contributed by atoms with Gasteiger partial charge in [0.2, 0.25) is 0 Å². The van der Waals surface area contributed by atoms with E-state index in [1.165, 1.54) is 89.9 Å². The van der Waals surface area contributed by atoms with Crippen LogP contribution in [0.25, 0.3) is 0 Å². The van der Waals surface area contributed by atoms with E-state index < -0.39 is 8.25 Å². The lowest BCUT2D eigenvalue weighted by Crippen LogP contribution is -1.90. The zero-order valence-electron chi connectivity index (χ0n) is 19.8. The van der Waals surface area contributed by atoms with E-state index in [2.05, 4.69) is 27.7 Å². The largest absolute Gasteiger partial charge is 0.697 e. The van der Waals surface area contributed by atoms with Gasteiger partial charge in [-0.1, -0.05) is 130 Å². The van der Waals surface area contributed by atoms with Crippen LogP contribution in [0.3, 0.4) is 0 Å². The van der Waals surface area contributed by atoms with Gasteiger partial charge in [0.15, 0.2) is 0 Å². The maximum atomic E-state index is 10.9. The second-order valence-corrected chi connectivity index (χ2v) is 8.80. The summed E-state index contributed by atoms with van der Waals surface area (Å²) in [7, 11) is -1.85. The van der Waals surface area contributed by atoms with E-state index in [9.17, 15) is 4.57 Å². The Labute approximate surface area is 178 Å². The predicted octanol–water partition coefficient (Wildman–Crippen LogP) is 9.76. The van der Waals surface area contributed by atoms with Crippen molar-refractivity contribution in [1.82, 2.24) is 0 Å². The van der Waals surface area contributed by atoms with Gasteiger partial charge in [-0.15, -0.1) is 9.05 Å². The standard InChI is InChI=1S/C16H34.C8H18O3P/c1-3-5-7-9-11-13-15-16-14-12-10-8-6-4-2;1-3-5-7-10-12(9)11-8-6-4-2/h3-16H2,1-2H3;3-8H2,1-2H3/q;+1. The summed E-state index contributed by atoms with van der Waals surface area (Å²) in [5, 5.41) is 0. The van der Waals surface area contributed by atoms with Crippen molar-refractivity contribution >= 4 is 8.25 Å². The molecule has 0 aliphatic heterocycles. The van der Waals surface area contributed by atoms with Gasteiger partial charge in [-0.25, -0.2) is 0 Å². The average molecular weight is 420 g/mol. The molecule has 0 radical (unpaired) electrons. The molecule has 4 heteroatoms. The Morgan fingerprint density at radius 3 is 0.929 bits per heavy atom. The lowest BCUT2D eigenvalue weighted by atomic mass is 10.0. The van der Waals surface area contributed by atoms with Crippen molar-refractivity contribution < 1.29 is 13.6 Å². The van der Waals surface area contributed by atoms with Crippen molar-refractivity contribution in [3.8, 4) is 0 Å². The second-order valence-electron chi connectivity index (χ2n) is 7.84. The molecule has 0 aromatic carbocycles. The van der Waals surface area contributed by atoms with Crippen LogP contribution >= 0.6 is 8.25 Å². The molecule has 0 fully saturated rings. The van der Waals surface area contributed by atoms with E-state index in [0.717, 1.165) is 25.7 Å². The summed E-state index contributed by atoms with van der Waals surface area (Å²) in [6, 6.07) is 0. The Hall–Kier alpha value is 0.0200. The third-order valence-electron chi connectivity index (χ3n) is 4.85. The summed E-state index contributed by atoms with van der Waals surface area (Å²) in [6.45, 7) is 9.79. The molecule has 0 aliphatic rings. The first-order chi connectivity index (χ1) is 13.7. The minimum absolute atomic E-state index is 0.540. The number of rotatable bonds is 21. The van der Waals surface area contributed by atoms with Crippen LogP contribution in [0.1, 0.15) is 143 Å². The summed E-state index contributed by atoms with van der Waals surface area (Å²) in [5.74, 6) is 0. The van der Waals surface area contributed by atoms with Crippen LogP contribution in [0.5, 0.6) is 0 Å². The maximum Gasteiger partial charge on any atom is 0.697 e. The fraction of sp³-hybridized carbons (Fsp3) is 1.00. The molecule has 0 unspecified atom stereocenters. The van der Waals surface area contributed by atoms with Crippen molar-refractivity contribution in [1.29, 1.82) is 0 Å². The van der Waals surface area contributed by atoms with Gasteiger partial charge >= 0.3 is 8.25 Å². The van der Waals surface area contributed by atoms with Crippen LogP contribution in [0.4, 0.5) is 0 Å². The van der Waals surface area contributed by atoms with Crippen LogP contribution in [0, 0.1) is 0 Å². The van der Waals surface area contributed by atoms with Crippen molar-refractivity contribution in [2.75, 3.05) is 13.2 Å². The van der Waals surface area contributed by atoms with Crippen molar-refractivity contribution in [3.05, 3.63) is 0 Å². The molecule has 0 spiro atoms. The zero-order chi connectivity index (χ0) is 21.1. The lowest BCUT2D eigenvalue weighted by Gasteiger charge is -2.02. The quantitative estimate of drug-likeness (QED) is 0.137. The highest BCUT2D eigenvalue weighted by Crippen LogP contribution is 2.24. The highest BCUT2D eigenvalue weighted by Gasteiger charge is 2.18. The zero-order valence-corrected chi connectivity index (χ0v) is 20.7. The molecule has 0 bridgehead atoms. The molecular formula is C24H52O3P+. The molecule has 0 aliphatic carbocycles. The van der Waals surface area contributed by atoms with E-state index in [1.807, 2.05) is 0 Å². The first-order valence-electron chi connectivity index (χ1n) is 12.5. The molecular weight excluding hydrogens is 367 g/mol. The summed E-state index contributed by atoms with van der Waals surface area (Å²) in [4.78, 5) is 0. The summed E-state index contributed by atoms with van der Waals surface area (Å²) in [5.41, 5.74) is 0. The molecule has 170 valence electrons. The predicted molar refractivity (Wildman–Crippen MR) is 125 cm³/mol. The van der Waals surface area contributed by atoms with Gasteiger partial charge in [-0.3, -0.25) is 0 Å². The Balaban J connectivity index is 0. The lowest BCUT2D eigenvalue weighted by molar-refractivity contribution is 0.221. The van der Waals surface area contributed by atoms with Crippen LogP contribution < -0.4 is 0 Å². The molecule has 0 N–H and O–H groups in total. The highest BCUT2D eigenvalue weighted by atomic mass is 31.1. The van der Waals surface area contributed by atoms with Crippen LogP contribution in [-0.2, 0) is 13.6 Å². The average Bonchev–Trinajstić information content (AvgIpc) is 2.70. The Bertz CT molecular complexity index is 259. The topological polar surface area (TPSA) is 35.5 Å². The third kappa shape index (κ3) is 30.7. The maximum absolute atomic E-state index is 10.9.